The van der Waals surface area contributed by atoms with Crippen molar-refractivity contribution in [1.82, 2.24) is 4.57 Å². The maximum atomic E-state index is 12.0. The van der Waals surface area contributed by atoms with E-state index in [1.165, 1.54) is 16.2 Å². The van der Waals surface area contributed by atoms with Gasteiger partial charge in [0, 0.05) is 11.9 Å². The van der Waals surface area contributed by atoms with Gasteiger partial charge in [0.05, 0.1) is 0 Å². The van der Waals surface area contributed by atoms with E-state index in [0.717, 1.165) is 0 Å². The largest absolute Gasteiger partial charge is 0.477 e. The Bertz CT molecular complexity index is 654. The van der Waals surface area contributed by atoms with Crippen LogP contribution >= 0.6 is 0 Å². The average Bonchev–Trinajstić information content (AvgIpc) is 2.38. The molecule has 0 saturated carbocycles. The van der Waals surface area contributed by atoms with Gasteiger partial charge in [-0.05, 0) is 35.7 Å². The van der Waals surface area contributed by atoms with Crippen molar-refractivity contribution in [1.29, 1.82) is 0 Å². The molecule has 0 atom stereocenters. The molecule has 1 heterocycles. The molecule has 2 aromatic rings. The summed E-state index contributed by atoms with van der Waals surface area (Å²) in [7, 11) is 0. The number of carbonyl (C=O) groups is 1. The SMILES string of the molecule is CC(C)c1ccc(-n2cccc(C(=O)O)c2=O)cc1. The van der Waals surface area contributed by atoms with Gasteiger partial charge in [0.1, 0.15) is 5.56 Å². The van der Waals surface area contributed by atoms with Gasteiger partial charge in [-0.15, -0.1) is 0 Å². The van der Waals surface area contributed by atoms with E-state index in [1.54, 1.807) is 12.3 Å². The molecule has 4 nitrogen and oxygen atoms in total. The van der Waals surface area contributed by atoms with Crippen LogP contribution in [-0.4, -0.2) is 15.6 Å². The molecule has 0 amide bonds. The first-order valence-corrected chi connectivity index (χ1v) is 6.06. The van der Waals surface area contributed by atoms with Crippen LogP contribution in [0.5, 0.6) is 0 Å². The number of benzene rings is 1. The van der Waals surface area contributed by atoms with Crippen molar-refractivity contribution in [2.75, 3.05) is 0 Å². The lowest BCUT2D eigenvalue weighted by Crippen LogP contribution is -2.24. The van der Waals surface area contributed by atoms with Crippen LogP contribution < -0.4 is 5.56 Å². The van der Waals surface area contributed by atoms with Crippen LogP contribution in [-0.2, 0) is 0 Å². The van der Waals surface area contributed by atoms with Crippen molar-refractivity contribution in [3.05, 3.63) is 64.1 Å². The van der Waals surface area contributed by atoms with Gasteiger partial charge in [-0.25, -0.2) is 4.79 Å². The third-order valence-electron chi connectivity index (χ3n) is 3.02. The van der Waals surface area contributed by atoms with E-state index in [1.807, 2.05) is 24.3 Å². The Balaban J connectivity index is 2.51. The molecule has 19 heavy (non-hydrogen) atoms. The topological polar surface area (TPSA) is 59.3 Å². The number of aromatic carboxylic acids is 1. The summed E-state index contributed by atoms with van der Waals surface area (Å²) < 4.78 is 1.34. The first-order valence-electron chi connectivity index (χ1n) is 6.06. The van der Waals surface area contributed by atoms with E-state index < -0.39 is 11.5 Å². The maximum Gasteiger partial charge on any atom is 0.341 e. The fourth-order valence-electron chi connectivity index (χ4n) is 1.88. The first kappa shape index (κ1) is 13.1. The summed E-state index contributed by atoms with van der Waals surface area (Å²) in [6.45, 7) is 4.18. The molecule has 0 unspecified atom stereocenters. The van der Waals surface area contributed by atoms with Crippen LogP contribution in [0.2, 0.25) is 0 Å². The van der Waals surface area contributed by atoms with E-state index in [0.29, 0.717) is 11.6 Å². The maximum absolute atomic E-state index is 12.0. The normalized spacial score (nSPS) is 10.7. The highest BCUT2D eigenvalue weighted by molar-refractivity contribution is 5.87. The van der Waals surface area contributed by atoms with E-state index in [9.17, 15) is 9.59 Å². The minimum absolute atomic E-state index is 0.226. The van der Waals surface area contributed by atoms with E-state index >= 15 is 0 Å². The quantitative estimate of drug-likeness (QED) is 0.919. The van der Waals surface area contributed by atoms with Gasteiger partial charge in [0.15, 0.2) is 0 Å². The Morgan fingerprint density at radius 1 is 1.16 bits per heavy atom. The van der Waals surface area contributed by atoms with Crippen molar-refractivity contribution in [3.8, 4) is 5.69 Å². The van der Waals surface area contributed by atoms with Crippen LogP contribution in [0.1, 0.15) is 35.7 Å². The number of rotatable bonds is 3. The van der Waals surface area contributed by atoms with Gasteiger partial charge in [-0.3, -0.25) is 9.36 Å². The molecule has 0 saturated heterocycles. The Kier molecular flexibility index (Phi) is 3.51. The summed E-state index contributed by atoms with van der Waals surface area (Å²) in [5.41, 5.74) is 1.09. The number of carboxylic acids is 1. The van der Waals surface area contributed by atoms with Crippen molar-refractivity contribution >= 4 is 5.97 Å². The highest BCUT2D eigenvalue weighted by atomic mass is 16.4. The number of hydrogen-bond acceptors (Lipinski definition) is 2. The summed E-state index contributed by atoms with van der Waals surface area (Å²) in [5, 5.41) is 8.94. The zero-order valence-electron chi connectivity index (χ0n) is 10.8. The molecule has 4 heteroatoms. The third kappa shape index (κ3) is 2.57. The summed E-state index contributed by atoms with van der Waals surface area (Å²) in [5.74, 6) is -0.797. The number of pyridine rings is 1. The van der Waals surface area contributed by atoms with Crippen molar-refractivity contribution in [2.45, 2.75) is 19.8 Å². The minimum Gasteiger partial charge on any atom is -0.477 e. The highest BCUT2D eigenvalue weighted by Gasteiger charge is 2.11. The molecule has 1 aromatic heterocycles. The van der Waals surface area contributed by atoms with Gasteiger partial charge in [-0.1, -0.05) is 26.0 Å². The van der Waals surface area contributed by atoms with Gasteiger partial charge in [-0.2, -0.15) is 0 Å². The molecule has 2 rings (SSSR count). The molecule has 0 bridgehead atoms. The van der Waals surface area contributed by atoms with Crippen molar-refractivity contribution < 1.29 is 9.90 Å². The standard InChI is InChI=1S/C15H15NO3/c1-10(2)11-5-7-12(8-6-11)16-9-3-4-13(14(16)17)15(18)19/h3-10H,1-2H3,(H,18,19). The summed E-state index contributed by atoms with van der Waals surface area (Å²) >= 11 is 0. The lowest BCUT2D eigenvalue weighted by atomic mass is 10.0. The lowest BCUT2D eigenvalue weighted by Gasteiger charge is -2.09. The second kappa shape index (κ2) is 5.10. The van der Waals surface area contributed by atoms with Crippen LogP contribution in [0.25, 0.3) is 5.69 Å². The average molecular weight is 257 g/mol. The van der Waals surface area contributed by atoms with Crippen molar-refractivity contribution in [2.24, 2.45) is 0 Å². The number of carboxylic acid groups (broad SMARTS) is 1. The molecule has 1 N–H and O–H groups in total. The number of aromatic nitrogens is 1. The van der Waals surface area contributed by atoms with Crippen LogP contribution in [0.15, 0.2) is 47.4 Å². The number of hydrogen-bond donors (Lipinski definition) is 1. The van der Waals surface area contributed by atoms with Crippen LogP contribution in [0.4, 0.5) is 0 Å². The molecule has 0 aliphatic rings. The lowest BCUT2D eigenvalue weighted by molar-refractivity contribution is 0.0694. The molecule has 0 radical (unpaired) electrons. The Morgan fingerprint density at radius 2 is 1.79 bits per heavy atom. The monoisotopic (exact) mass is 257 g/mol. The molecule has 0 fully saturated rings. The zero-order valence-corrected chi connectivity index (χ0v) is 10.8. The zero-order chi connectivity index (χ0) is 14.0. The minimum atomic E-state index is -1.21. The third-order valence-corrected chi connectivity index (χ3v) is 3.02. The summed E-state index contributed by atoms with van der Waals surface area (Å²) in [4.78, 5) is 22.9. The predicted molar refractivity (Wildman–Crippen MR) is 73.1 cm³/mol. The predicted octanol–water partition coefficient (Wildman–Crippen LogP) is 2.66. The molecule has 1 aromatic carbocycles. The van der Waals surface area contributed by atoms with Crippen LogP contribution in [0, 0.1) is 0 Å². The molecular formula is C15H15NO3. The van der Waals surface area contributed by atoms with Crippen LogP contribution in [0.3, 0.4) is 0 Å². The smallest absolute Gasteiger partial charge is 0.341 e. The molecule has 0 spiro atoms. The highest BCUT2D eigenvalue weighted by Crippen LogP contribution is 2.16. The van der Waals surface area contributed by atoms with Gasteiger partial charge in [0.25, 0.3) is 5.56 Å². The Labute approximate surface area is 110 Å². The summed E-state index contributed by atoms with van der Waals surface area (Å²) in [6.07, 6.45) is 1.57. The second-order valence-electron chi connectivity index (χ2n) is 4.65. The van der Waals surface area contributed by atoms with E-state index in [-0.39, 0.29) is 5.56 Å². The van der Waals surface area contributed by atoms with Gasteiger partial charge in [0.2, 0.25) is 0 Å². The number of nitrogens with zero attached hydrogens (tertiary/aromatic N) is 1. The van der Waals surface area contributed by atoms with Gasteiger partial charge < -0.3 is 5.11 Å². The fraction of sp³-hybridized carbons (Fsp3) is 0.200. The van der Waals surface area contributed by atoms with E-state index in [4.69, 9.17) is 5.11 Å². The molecule has 0 aliphatic carbocycles. The van der Waals surface area contributed by atoms with Gasteiger partial charge >= 0.3 is 5.97 Å². The Hall–Kier alpha value is -2.36. The van der Waals surface area contributed by atoms with Crippen molar-refractivity contribution in [3.63, 3.8) is 0 Å². The summed E-state index contributed by atoms with van der Waals surface area (Å²) in [6, 6.07) is 10.4. The molecular weight excluding hydrogens is 242 g/mol. The Morgan fingerprint density at radius 3 is 2.32 bits per heavy atom. The second-order valence-corrected chi connectivity index (χ2v) is 4.65. The first-order chi connectivity index (χ1) is 9.00. The van der Waals surface area contributed by atoms with E-state index in [2.05, 4.69) is 13.8 Å². The molecule has 98 valence electrons. The molecule has 0 aliphatic heterocycles. The fourth-order valence-corrected chi connectivity index (χ4v) is 1.88.